The first kappa shape index (κ1) is 11.7. The number of carbonyl (C=O) groups is 1. The first-order valence-electron chi connectivity index (χ1n) is 6.07. The van der Waals surface area contributed by atoms with Gasteiger partial charge in [-0.1, -0.05) is 0 Å². The predicted molar refractivity (Wildman–Crippen MR) is 67.6 cm³/mol. The highest BCUT2D eigenvalue weighted by Crippen LogP contribution is 2.26. The minimum Gasteiger partial charge on any atom is -0.465 e. The van der Waals surface area contributed by atoms with Gasteiger partial charge in [-0.15, -0.1) is 0 Å². The Hall–Kier alpha value is -2.38. The molecule has 3 heterocycles. The molecule has 0 atom stereocenters. The van der Waals surface area contributed by atoms with Crippen LogP contribution in [0.1, 0.15) is 18.9 Å². The van der Waals surface area contributed by atoms with Crippen LogP contribution >= 0.6 is 0 Å². The number of likely N-dealkylation sites (tertiary alicyclic amines) is 1. The van der Waals surface area contributed by atoms with E-state index < -0.39 is 6.09 Å². The molecule has 0 bridgehead atoms. The molecular formula is C11H14N6O2. The van der Waals surface area contributed by atoms with E-state index in [1.54, 1.807) is 6.33 Å². The maximum atomic E-state index is 10.9. The number of fused-ring (bicyclic) bond motifs is 1. The lowest BCUT2D eigenvalue weighted by Gasteiger charge is -2.30. The average molecular weight is 262 g/mol. The normalized spacial score (nSPS) is 16.9. The number of hydrogen-bond donors (Lipinski definition) is 2. The third kappa shape index (κ3) is 1.94. The largest absolute Gasteiger partial charge is 0.465 e. The van der Waals surface area contributed by atoms with E-state index in [1.807, 2.05) is 4.57 Å². The van der Waals surface area contributed by atoms with Crippen molar-refractivity contribution in [3.8, 4) is 0 Å². The van der Waals surface area contributed by atoms with Crippen molar-refractivity contribution < 1.29 is 9.90 Å². The second kappa shape index (κ2) is 4.38. The lowest BCUT2D eigenvalue weighted by Crippen LogP contribution is -2.38. The van der Waals surface area contributed by atoms with Crippen LogP contribution in [-0.2, 0) is 0 Å². The maximum absolute atomic E-state index is 10.9. The molecule has 1 saturated heterocycles. The quantitative estimate of drug-likeness (QED) is 0.783. The number of imidazole rings is 1. The number of rotatable bonds is 1. The predicted octanol–water partition coefficient (Wildman–Crippen LogP) is 0.723. The molecule has 0 spiro atoms. The van der Waals surface area contributed by atoms with Gasteiger partial charge in [-0.05, 0) is 12.8 Å². The number of nitrogen functional groups attached to an aromatic ring is 1. The van der Waals surface area contributed by atoms with E-state index in [0.717, 1.165) is 12.8 Å². The van der Waals surface area contributed by atoms with Crippen molar-refractivity contribution in [2.45, 2.75) is 18.9 Å². The third-order valence-electron chi connectivity index (χ3n) is 3.52. The Balaban J connectivity index is 1.86. The van der Waals surface area contributed by atoms with Crippen LogP contribution in [0.4, 0.5) is 10.6 Å². The second-order valence-corrected chi connectivity index (χ2v) is 4.58. The average Bonchev–Trinajstić information content (AvgIpc) is 2.84. The topological polar surface area (TPSA) is 110 Å². The number of aromatic nitrogens is 4. The highest BCUT2D eigenvalue weighted by molar-refractivity contribution is 5.81. The molecule has 0 aromatic carbocycles. The number of nitrogens with zero attached hydrogens (tertiary/aromatic N) is 5. The van der Waals surface area contributed by atoms with Gasteiger partial charge in [-0.3, -0.25) is 0 Å². The molecular weight excluding hydrogens is 248 g/mol. The Morgan fingerprint density at radius 2 is 2.05 bits per heavy atom. The highest BCUT2D eigenvalue weighted by Gasteiger charge is 2.24. The molecule has 1 aliphatic rings. The Bertz CT molecular complexity index is 617. The van der Waals surface area contributed by atoms with E-state index in [4.69, 9.17) is 10.8 Å². The molecule has 0 aliphatic carbocycles. The van der Waals surface area contributed by atoms with Crippen LogP contribution in [0.15, 0.2) is 12.7 Å². The molecule has 1 amide bonds. The summed E-state index contributed by atoms with van der Waals surface area (Å²) in [4.78, 5) is 24.7. The van der Waals surface area contributed by atoms with Crippen molar-refractivity contribution in [1.82, 2.24) is 24.4 Å². The van der Waals surface area contributed by atoms with Gasteiger partial charge >= 0.3 is 6.09 Å². The number of hydrogen-bond acceptors (Lipinski definition) is 5. The first-order valence-corrected chi connectivity index (χ1v) is 6.07. The summed E-state index contributed by atoms with van der Waals surface area (Å²) in [5.41, 5.74) is 7.06. The van der Waals surface area contributed by atoms with Crippen LogP contribution in [0.2, 0.25) is 0 Å². The molecule has 2 aromatic heterocycles. The van der Waals surface area contributed by atoms with Crippen LogP contribution in [0.3, 0.4) is 0 Å². The fourth-order valence-corrected chi connectivity index (χ4v) is 2.47. The van der Waals surface area contributed by atoms with E-state index in [2.05, 4.69) is 15.0 Å². The van der Waals surface area contributed by atoms with Gasteiger partial charge in [0.15, 0.2) is 11.5 Å². The summed E-state index contributed by atoms with van der Waals surface area (Å²) in [5, 5.41) is 8.93. The minimum atomic E-state index is -0.861. The smallest absolute Gasteiger partial charge is 0.407 e. The Labute approximate surface area is 108 Å². The van der Waals surface area contributed by atoms with E-state index in [-0.39, 0.29) is 6.04 Å². The van der Waals surface area contributed by atoms with E-state index in [0.29, 0.717) is 30.1 Å². The second-order valence-electron chi connectivity index (χ2n) is 4.58. The summed E-state index contributed by atoms with van der Waals surface area (Å²) in [6.45, 7) is 1.06. The van der Waals surface area contributed by atoms with Gasteiger partial charge in [0.25, 0.3) is 0 Å². The zero-order chi connectivity index (χ0) is 13.4. The van der Waals surface area contributed by atoms with Gasteiger partial charge in [0, 0.05) is 19.1 Å². The molecule has 19 heavy (non-hydrogen) atoms. The van der Waals surface area contributed by atoms with Gasteiger partial charge in [0.1, 0.15) is 11.8 Å². The minimum absolute atomic E-state index is 0.204. The molecule has 1 aliphatic heterocycles. The SMILES string of the molecule is Nc1ncnc2c1ncn2C1CCN(C(=O)O)CC1. The Morgan fingerprint density at radius 1 is 1.32 bits per heavy atom. The van der Waals surface area contributed by atoms with E-state index in [1.165, 1.54) is 11.2 Å². The van der Waals surface area contributed by atoms with Gasteiger partial charge in [0.05, 0.1) is 6.33 Å². The molecule has 100 valence electrons. The van der Waals surface area contributed by atoms with Crippen molar-refractivity contribution in [2.75, 3.05) is 18.8 Å². The third-order valence-corrected chi connectivity index (χ3v) is 3.52. The number of amides is 1. The van der Waals surface area contributed by atoms with Gasteiger partial charge < -0.3 is 20.3 Å². The Morgan fingerprint density at radius 3 is 2.74 bits per heavy atom. The van der Waals surface area contributed by atoms with Crippen LogP contribution in [0.5, 0.6) is 0 Å². The summed E-state index contributed by atoms with van der Waals surface area (Å²) >= 11 is 0. The number of anilines is 1. The standard InChI is InChI=1S/C11H14N6O2/c12-9-8-10(14-5-13-9)17(6-15-8)7-1-3-16(4-2-7)11(18)19/h5-7H,1-4H2,(H,18,19)(H2,12,13,14). The van der Waals surface area contributed by atoms with Crippen molar-refractivity contribution in [3.63, 3.8) is 0 Å². The van der Waals surface area contributed by atoms with Crippen LogP contribution in [0.25, 0.3) is 11.2 Å². The molecule has 3 N–H and O–H groups in total. The summed E-state index contributed by atoms with van der Waals surface area (Å²) in [5.74, 6) is 0.367. The molecule has 2 aromatic rings. The molecule has 8 nitrogen and oxygen atoms in total. The molecule has 3 rings (SSSR count). The molecule has 1 fully saturated rings. The lowest BCUT2D eigenvalue weighted by molar-refractivity contribution is 0.126. The van der Waals surface area contributed by atoms with E-state index >= 15 is 0 Å². The monoisotopic (exact) mass is 262 g/mol. The molecule has 0 unspecified atom stereocenters. The zero-order valence-electron chi connectivity index (χ0n) is 10.2. The van der Waals surface area contributed by atoms with Gasteiger partial charge in [-0.2, -0.15) is 0 Å². The zero-order valence-corrected chi connectivity index (χ0v) is 10.2. The molecule has 0 saturated carbocycles. The Kier molecular flexibility index (Phi) is 2.69. The summed E-state index contributed by atoms with van der Waals surface area (Å²) < 4.78 is 1.96. The van der Waals surface area contributed by atoms with Gasteiger partial charge in [0.2, 0.25) is 0 Å². The van der Waals surface area contributed by atoms with Crippen LogP contribution in [-0.4, -0.2) is 48.7 Å². The molecule has 0 radical (unpaired) electrons. The number of carboxylic acid groups (broad SMARTS) is 1. The van der Waals surface area contributed by atoms with Crippen molar-refractivity contribution >= 4 is 23.1 Å². The fourth-order valence-electron chi connectivity index (χ4n) is 2.47. The van der Waals surface area contributed by atoms with Crippen molar-refractivity contribution in [1.29, 1.82) is 0 Å². The van der Waals surface area contributed by atoms with Crippen molar-refractivity contribution in [2.24, 2.45) is 0 Å². The molecule has 8 heteroatoms. The highest BCUT2D eigenvalue weighted by atomic mass is 16.4. The van der Waals surface area contributed by atoms with Crippen LogP contribution in [0, 0.1) is 0 Å². The summed E-state index contributed by atoms with van der Waals surface area (Å²) in [7, 11) is 0. The summed E-state index contributed by atoms with van der Waals surface area (Å²) in [6.07, 6.45) is 3.77. The fraction of sp³-hybridized carbons (Fsp3) is 0.455. The maximum Gasteiger partial charge on any atom is 0.407 e. The lowest BCUT2D eigenvalue weighted by atomic mass is 10.1. The van der Waals surface area contributed by atoms with E-state index in [9.17, 15) is 4.79 Å². The van der Waals surface area contributed by atoms with Crippen LogP contribution < -0.4 is 5.73 Å². The summed E-state index contributed by atoms with van der Waals surface area (Å²) in [6, 6.07) is 0.204. The van der Waals surface area contributed by atoms with Gasteiger partial charge in [-0.25, -0.2) is 19.7 Å². The van der Waals surface area contributed by atoms with Crippen molar-refractivity contribution in [3.05, 3.63) is 12.7 Å². The first-order chi connectivity index (χ1) is 9.16. The number of nitrogens with two attached hydrogens (primary N) is 1. The number of piperidine rings is 1.